The summed E-state index contributed by atoms with van der Waals surface area (Å²) < 4.78 is 6.02. The number of hydrogen-bond acceptors (Lipinski definition) is 6. The highest BCUT2D eigenvalue weighted by molar-refractivity contribution is 5.87. The van der Waals surface area contributed by atoms with Crippen molar-refractivity contribution < 1.29 is 34.1 Å². The van der Waals surface area contributed by atoms with E-state index in [2.05, 4.69) is 85.2 Å². The van der Waals surface area contributed by atoms with Gasteiger partial charge in [0.2, 0.25) is 11.8 Å². The molecule has 0 heterocycles. The number of carboxylic acid groups (broad SMARTS) is 1. The quantitative estimate of drug-likeness (QED) is 0.0273. The highest BCUT2D eigenvalue weighted by Crippen LogP contribution is 2.18. The summed E-state index contributed by atoms with van der Waals surface area (Å²) in [5.74, 6) is -2.34. The molecule has 0 saturated heterocycles. The van der Waals surface area contributed by atoms with Crippen molar-refractivity contribution in [1.29, 1.82) is 0 Å². The number of allylic oxidation sites excluding steroid dienone is 10. The molecule has 4 N–H and O–H groups in total. The van der Waals surface area contributed by atoms with Gasteiger partial charge in [-0.1, -0.05) is 145 Å². The van der Waals surface area contributed by atoms with Crippen LogP contribution >= 0.6 is 0 Å². The first-order valence-electron chi connectivity index (χ1n) is 23.2. The highest BCUT2D eigenvalue weighted by Gasteiger charge is 2.19. The zero-order chi connectivity index (χ0) is 42.6. The van der Waals surface area contributed by atoms with Crippen LogP contribution in [0.3, 0.4) is 0 Å². The van der Waals surface area contributed by atoms with Crippen LogP contribution < -0.4 is 10.6 Å². The maximum Gasteiger partial charge on any atom is 0.328 e. The number of aliphatic hydroxyl groups excluding tert-OH is 1. The molecule has 2 unspecified atom stereocenters. The van der Waals surface area contributed by atoms with Crippen molar-refractivity contribution in [1.82, 2.24) is 10.6 Å². The third-order valence-corrected chi connectivity index (χ3v) is 10.00. The molecule has 9 heteroatoms. The van der Waals surface area contributed by atoms with Crippen LogP contribution in [0.25, 0.3) is 0 Å². The minimum atomic E-state index is -1.39. The van der Waals surface area contributed by atoms with Crippen molar-refractivity contribution >= 4 is 23.8 Å². The van der Waals surface area contributed by atoms with Crippen LogP contribution in [0.4, 0.5) is 0 Å². The van der Waals surface area contributed by atoms with Gasteiger partial charge in [0.15, 0.2) is 0 Å². The summed E-state index contributed by atoms with van der Waals surface area (Å²) in [7, 11) is 0. The fourth-order valence-corrected chi connectivity index (χ4v) is 6.46. The summed E-state index contributed by atoms with van der Waals surface area (Å²) in [6.45, 7) is 3.36. The Balaban J connectivity index is 4.44. The summed E-state index contributed by atoms with van der Waals surface area (Å²) in [5, 5.41) is 22.6. The number of hydrogen-bond donors (Lipinski definition) is 4. The smallest absolute Gasteiger partial charge is 0.328 e. The van der Waals surface area contributed by atoms with Gasteiger partial charge in [0.05, 0.1) is 13.2 Å². The summed E-state index contributed by atoms with van der Waals surface area (Å²) in [6, 6.07) is -1.39. The molecule has 58 heavy (non-hydrogen) atoms. The average Bonchev–Trinajstić information content (AvgIpc) is 3.21. The van der Waals surface area contributed by atoms with Crippen LogP contribution in [0.2, 0.25) is 0 Å². The van der Waals surface area contributed by atoms with E-state index < -0.39 is 24.5 Å². The molecule has 0 saturated carbocycles. The number of carboxylic acids is 1. The lowest BCUT2D eigenvalue weighted by atomic mass is 10.0. The first-order valence-corrected chi connectivity index (χ1v) is 23.2. The van der Waals surface area contributed by atoms with Gasteiger partial charge in [-0.05, 0) is 103 Å². The van der Waals surface area contributed by atoms with Crippen molar-refractivity contribution in [3.63, 3.8) is 0 Å². The summed E-state index contributed by atoms with van der Waals surface area (Å²) in [6.07, 6.45) is 52.4. The van der Waals surface area contributed by atoms with Crippen LogP contribution in [-0.2, 0) is 23.9 Å². The molecule has 0 aromatic carbocycles. The molecule has 0 aliphatic heterocycles. The zero-order valence-electron chi connectivity index (χ0n) is 36.8. The van der Waals surface area contributed by atoms with E-state index in [1.54, 1.807) is 0 Å². The maximum absolute atomic E-state index is 12.8. The second kappa shape index (κ2) is 43.1. The van der Waals surface area contributed by atoms with Crippen molar-refractivity contribution in [3.8, 4) is 0 Å². The SMILES string of the molecule is CC/C=C\C/C=C\C/C=C\C/C=C\CCCCC(CCCCCCCC(=O)NCC(=O)NC(CO)C(=O)O)OC(=O)CCCCCCC/C=C\CCCCCCCC. The van der Waals surface area contributed by atoms with Crippen LogP contribution in [0.15, 0.2) is 60.8 Å². The number of aliphatic carboxylic acids is 1. The average molecular weight is 813 g/mol. The Labute approximate surface area is 353 Å². The topological polar surface area (TPSA) is 142 Å². The van der Waals surface area contributed by atoms with Crippen molar-refractivity contribution in [2.75, 3.05) is 13.2 Å². The molecule has 0 rings (SSSR count). The van der Waals surface area contributed by atoms with E-state index >= 15 is 0 Å². The standard InChI is InChI=1S/C49H84N2O7/c1-3-5-7-9-11-13-15-17-19-21-23-25-27-30-34-38-44(39-35-31-29-32-36-40-46(53)50-42-47(54)51-45(43-52)49(56)57)58-48(55)41-37-33-28-26-24-22-20-18-16-14-12-10-8-6-4-2/h5,7,11,13,17-20,23,25,44-45,52H,3-4,6,8-10,12,14-16,21-22,24,26-43H2,1-2H3,(H,50,53)(H,51,54)(H,56,57)/b7-5-,13-11-,19-17-,20-18-,25-23-. The number of esters is 1. The van der Waals surface area contributed by atoms with Crippen LogP contribution in [0.1, 0.15) is 200 Å². The van der Waals surface area contributed by atoms with E-state index in [0.717, 1.165) is 109 Å². The maximum atomic E-state index is 12.8. The summed E-state index contributed by atoms with van der Waals surface area (Å²) >= 11 is 0. The zero-order valence-corrected chi connectivity index (χ0v) is 36.8. The molecule has 0 spiro atoms. The van der Waals surface area contributed by atoms with Crippen LogP contribution in [0.5, 0.6) is 0 Å². The lowest BCUT2D eigenvalue weighted by Crippen LogP contribution is -2.47. The van der Waals surface area contributed by atoms with Crippen molar-refractivity contribution in [2.45, 2.75) is 212 Å². The number of carbonyl (C=O) groups excluding carboxylic acids is 3. The van der Waals surface area contributed by atoms with Crippen molar-refractivity contribution in [3.05, 3.63) is 60.8 Å². The Bertz CT molecular complexity index is 1160. The Morgan fingerprint density at radius 2 is 0.983 bits per heavy atom. The van der Waals surface area contributed by atoms with Gasteiger partial charge in [0, 0.05) is 12.8 Å². The molecule has 0 aromatic heterocycles. The van der Waals surface area contributed by atoms with E-state index in [1.807, 2.05) is 0 Å². The molecule has 9 nitrogen and oxygen atoms in total. The van der Waals surface area contributed by atoms with E-state index in [1.165, 1.54) is 57.8 Å². The molecule has 332 valence electrons. The van der Waals surface area contributed by atoms with Crippen molar-refractivity contribution in [2.24, 2.45) is 0 Å². The highest BCUT2D eigenvalue weighted by atomic mass is 16.5. The molecular formula is C49H84N2O7. The van der Waals surface area contributed by atoms with Crippen LogP contribution in [-0.4, -0.2) is 59.3 Å². The Hall–Kier alpha value is -3.46. The Morgan fingerprint density at radius 1 is 0.534 bits per heavy atom. The number of amides is 2. The second-order valence-corrected chi connectivity index (χ2v) is 15.5. The number of unbranched alkanes of at least 4 members (excludes halogenated alkanes) is 17. The van der Waals surface area contributed by atoms with Gasteiger partial charge >= 0.3 is 11.9 Å². The lowest BCUT2D eigenvalue weighted by molar-refractivity contribution is -0.150. The number of ether oxygens (including phenoxy) is 1. The Kier molecular flexibility index (Phi) is 40.6. The number of carbonyl (C=O) groups is 4. The Morgan fingerprint density at radius 3 is 1.53 bits per heavy atom. The van der Waals surface area contributed by atoms with E-state index in [-0.39, 0.29) is 30.9 Å². The largest absolute Gasteiger partial charge is 0.480 e. The molecular weight excluding hydrogens is 729 g/mol. The molecule has 2 atom stereocenters. The van der Waals surface area contributed by atoms with Gasteiger partial charge in [-0.2, -0.15) is 0 Å². The summed E-state index contributed by atoms with van der Waals surface area (Å²) in [4.78, 5) is 47.7. The number of aliphatic hydroxyl groups is 1. The van der Waals surface area contributed by atoms with Gasteiger partial charge in [-0.15, -0.1) is 0 Å². The molecule has 2 amide bonds. The molecule has 0 aliphatic rings. The van der Waals surface area contributed by atoms with Gasteiger partial charge in [0.1, 0.15) is 12.1 Å². The van der Waals surface area contributed by atoms with Gasteiger partial charge < -0.3 is 25.6 Å². The van der Waals surface area contributed by atoms with E-state index in [9.17, 15) is 19.2 Å². The van der Waals surface area contributed by atoms with Gasteiger partial charge in [0.25, 0.3) is 0 Å². The normalized spacial score (nSPS) is 13.0. The van der Waals surface area contributed by atoms with Gasteiger partial charge in [-0.3, -0.25) is 14.4 Å². The minimum Gasteiger partial charge on any atom is -0.480 e. The minimum absolute atomic E-state index is 0.0588. The molecule has 0 fully saturated rings. The number of nitrogens with one attached hydrogen (secondary N) is 2. The molecule has 0 radical (unpaired) electrons. The third kappa shape index (κ3) is 39.4. The van der Waals surface area contributed by atoms with Gasteiger partial charge in [-0.25, -0.2) is 4.79 Å². The fraction of sp³-hybridized carbons (Fsp3) is 0.714. The predicted molar refractivity (Wildman–Crippen MR) is 240 cm³/mol. The second-order valence-electron chi connectivity index (χ2n) is 15.5. The first-order chi connectivity index (χ1) is 28.3. The summed E-state index contributed by atoms with van der Waals surface area (Å²) in [5.41, 5.74) is 0. The molecule has 0 aliphatic carbocycles. The lowest BCUT2D eigenvalue weighted by Gasteiger charge is -2.18. The predicted octanol–water partition coefficient (Wildman–Crippen LogP) is 11.7. The fourth-order valence-electron chi connectivity index (χ4n) is 6.46. The van der Waals surface area contributed by atoms with E-state index in [0.29, 0.717) is 12.8 Å². The molecule has 0 bridgehead atoms. The first kappa shape index (κ1) is 54.5. The monoisotopic (exact) mass is 813 g/mol. The number of rotatable bonds is 41. The van der Waals surface area contributed by atoms with E-state index in [4.69, 9.17) is 14.9 Å². The molecule has 0 aromatic rings. The van der Waals surface area contributed by atoms with Crippen LogP contribution in [0, 0.1) is 0 Å². The third-order valence-electron chi connectivity index (χ3n) is 10.00.